The van der Waals surface area contributed by atoms with Gasteiger partial charge in [0.15, 0.2) is 0 Å². The van der Waals surface area contributed by atoms with Crippen LogP contribution in [0.15, 0.2) is 60.7 Å². The molecule has 3 rings (SSSR count). The van der Waals surface area contributed by atoms with Gasteiger partial charge >= 0.3 is 6.09 Å². The summed E-state index contributed by atoms with van der Waals surface area (Å²) in [4.78, 5) is 44.3. The number of nitrogens with one attached hydrogen (secondary N) is 2. The zero-order valence-corrected chi connectivity index (χ0v) is 30.1. The Labute approximate surface area is 287 Å². The summed E-state index contributed by atoms with van der Waals surface area (Å²) in [7, 11) is 0. The lowest BCUT2D eigenvalue weighted by Crippen LogP contribution is -2.53. The Morgan fingerprint density at radius 2 is 1.40 bits per heavy atom. The number of carbonyl (C=O) groups is 3. The number of ether oxygens (including phenoxy) is 1. The van der Waals surface area contributed by atoms with Gasteiger partial charge in [-0.1, -0.05) is 87.6 Å². The largest absolute Gasteiger partial charge is 0.508 e. The number of amides is 3. The summed E-state index contributed by atoms with van der Waals surface area (Å²) in [6.07, 6.45) is 5.46. The Morgan fingerprint density at radius 1 is 0.812 bits per heavy atom. The van der Waals surface area contributed by atoms with Crippen molar-refractivity contribution in [3.05, 3.63) is 94.0 Å². The first-order valence-electron chi connectivity index (χ1n) is 17.2. The van der Waals surface area contributed by atoms with Gasteiger partial charge in [0.1, 0.15) is 23.4 Å². The van der Waals surface area contributed by atoms with Gasteiger partial charge in [-0.15, -0.1) is 0 Å². The van der Waals surface area contributed by atoms with Gasteiger partial charge in [0.05, 0.1) is 0 Å². The summed E-state index contributed by atoms with van der Waals surface area (Å²) in [6, 6.07) is 16.2. The molecule has 0 aliphatic rings. The molecular weight excluding hydrogens is 602 g/mol. The number of phenols is 1. The lowest BCUT2D eigenvalue weighted by atomic mass is 9.94. The number of anilines is 1. The van der Waals surface area contributed by atoms with Crippen LogP contribution in [-0.4, -0.2) is 46.1 Å². The number of carbonyl (C=O) groups excluding carboxylic acids is 3. The topological polar surface area (TPSA) is 108 Å². The number of nitrogens with zero attached hydrogens (tertiary/aromatic N) is 1. The average molecular weight is 658 g/mol. The van der Waals surface area contributed by atoms with Crippen molar-refractivity contribution >= 4 is 23.6 Å². The molecule has 3 aromatic rings. The van der Waals surface area contributed by atoms with E-state index in [9.17, 15) is 19.5 Å². The van der Waals surface area contributed by atoms with Crippen molar-refractivity contribution in [2.75, 3.05) is 11.9 Å². The van der Waals surface area contributed by atoms with Crippen LogP contribution in [0.4, 0.5) is 10.5 Å². The number of para-hydroxylation sites is 1. The minimum atomic E-state index is -1.04. The molecule has 3 aromatic carbocycles. The molecule has 0 heterocycles. The van der Waals surface area contributed by atoms with Crippen LogP contribution in [-0.2, 0) is 20.7 Å². The first-order chi connectivity index (χ1) is 22.7. The Balaban J connectivity index is 2.13. The van der Waals surface area contributed by atoms with Crippen molar-refractivity contribution < 1.29 is 24.2 Å². The highest BCUT2D eigenvalue weighted by molar-refractivity contribution is 6.00. The molecular formula is C40H55N3O5. The molecule has 0 bridgehead atoms. The molecule has 0 fully saturated rings. The smallest absolute Gasteiger partial charge is 0.408 e. The maximum atomic E-state index is 14.9. The van der Waals surface area contributed by atoms with Crippen molar-refractivity contribution in [2.24, 2.45) is 0 Å². The van der Waals surface area contributed by atoms with Gasteiger partial charge in [-0.3, -0.25) is 9.59 Å². The molecule has 2 atom stereocenters. The molecule has 260 valence electrons. The second-order valence-corrected chi connectivity index (χ2v) is 13.8. The molecule has 8 nitrogen and oxygen atoms in total. The molecule has 0 aliphatic carbocycles. The summed E-state index contributed by atoms with van der Waals surface area (Å²) in [6.45, 7) is 15.7. The number of benzene rings is 3. The first kappa shape index (κ1) is 38.1. The van der Waals surface area contributed by atoms with Crippen LogP contribution in [0.25, 0.3) is 0 Å². The van der Waals surface area contributed by atoms with E-state index in [0.29, 0.717) is 13.0 Å². The fourth-order valence-electron chi connectivity index (χ4n) is 5.87. The zero-order valence-electron chi connectivity index (χ0n) is 30.1. The fourth-order valence-corrected chi connectivity index (χ4v) is 5.87. The van der Waals surface area contributed by atoms with Gasteiger partial charge in [0.2, 0.25) is 5.91 Å². The van der Waals surface area contributed by atoms with Crippen molar-refractivity contribution in [1.29, 1.82) is 0 Å². The second-order valence-electron chi connectivity index (χ2n) is 13.8. The van der Waals surface area contributed by atoms with Gasteiger partial charge in [-0.05, 0) is 100 Å². The van der Waals surface area contributed by atoms with Gasteiger partial charge in [0, 0.05) is 18.7 Å². The number of alkyl carbamates (subject to hydrolysis) is 1. The molecule has 0 aromatic heterocycles. The third-order valence-electron chi connectivity index (χ3n) is 8.63. The van der Waals surface area contributed by atoms with Gasteiger partial charge in [-0.2, -0.15) is 0 Å². The van der Waals surface area contributed by atoms with Crippen LogP contribution in [0, 0.1) is 27.7 Å². The number of hydrogen-bond donors (Lipinski definition) is 3. The van der Waals surface area contributed by atoms with Crippen molar-refractivity contribution in [3.8, 4) is 5.75 Å². The number of rotatable bonds is 15. The van der Waals surface area contributed by atoms with Crippen LogP contribution < -0.4 is 10.6 Å². The third kappa shape index (κ3) is 11.1. The van der Waals surface area contributed by atoms with E-state index in [2.05, 4.69) is 17.6 Å². The monoisotopic (exact) mass is 657 g/mol. The summed E-state index contributed by atoms with van der Waals surface area (Å²) >= 11 is 0. The van der Waals surface area contributed by atoms with Crippen LogP contribution in [0.5, 0.6) is 5.75 Å². The summed E-state index contributed by atoms with van der Waals surface area (Å²) in [5.41, 5.74) is 5.20. The Morgan fingerprint density at radius 3 is 2.02 bits per heavy atom. The predicted molar refractivity (Wildman–Crippen MR) is 193 cm³/mol. The fraction of sp³-hybridized carbons (Fsp3) is 0.475. The SMILES string of the molecule is CCCCCCCCN(C(=O)C(Cc1ccc(O)cc1)NC(=O)OC(C)(C)C)C(C(=O)Nc1c(C)cccc1C)c1cccc(C)c1C. The van der Waals surface area contributed by atoms with E-state index in [4.69, 9.17) is 4.74 Å². The third-order valence-corrected chi connectivity index (χ3v) is 8.63. The van der Waals surface area contributed by atoms with Gasteiger partial charge < -0.3 is 25.4 Å². The molecule has 0 saturated carbocycles. The number of aromatic hydroxyl groups is 1. The molecule has 48 heavy (non-hydrogen) atoms. The number of hydrogen-bond acceptors (Lipinski definition) is 5. The highest BCUT2D eigenvalue weighted by atomic mass is 16.6. The Hall–Kier alpha value is -4.33. The summed E-state index contributed by atoms with van der Waals surface area (Å²) in [5, 5.41) is 15.9. The minimum Gasteiger partial charge on any atom is -0.508 e. The molecule has 0 spiro atoms. The zero-order chi connectivity index (χ0) is 35.4. The van der Waals surface area contributed by atoms with Crippen LogP contribution >= 0.6 is 0 Å². The van der Waals surface area contributed by atoms with E-state index in [1.54, 1.807) is 49.9 Å². The number of unbranched alkanes of at least 4 members (excludes halogenated alkanes) is 5. The van der Waals surface area contributed by atoms with E-state index >= 15 is 0 Å². The highest BCUT2D eigenvalue weighted by Crippen LogP contribution is 2.31. The lowest BCUT2D eigenvalue weighted by molar-refractivity contribution is -0.140. The second kappa shape index (κ2) is 17.7. The van der Waals surface area contributed by atoms with E-state index in [1.165, 1.54) is 0 Å². The molecule has 3 amide bonds. The number of aryl methyl sites for hydroxylation is 3. The van der Waals surface area contributed by atoms with E-state index in [-0.39, 0.29) is 24.0 Å². The Bertz CT molecular complexity index is 1510. The number of phenolic OH excluding ortho intramolecular Hbond substituents is 1. The van der Waals surface area contributed by atoms with Crippen LogP contribution in [0.2, 0.25) is 0 Å². The molecule has 2 unspecified atom stereocenters. The normalized spacial score (nSPS) is 12.6. The van der Waals surface area contributed by atoms with Gasteiger partial charge in [0.25, 0.3) is 5.91 Å². The lowest BCUT2D eigenvalue weighted by Gasteiger charge is -2.35. The van der Waals surface area contributed by atoms with Crippen molar-refractivity contribution in [1.82, 2.24) is 10.2 Å². The molecule has 0 radical (unpaired) electrons. The predicted octanol–water partition coefficient (Wildman–Crippen LogP) is 8.63. The average Bonchev–Trinajstić information content (AvgIpc) is 3.01. The summed E-state index contributed by atoms with van der Waals surface area (Å²) < 4.78 is 5.58. The first-order valence-corrected chi connectivity index (χ1v) is 17.2. The van der Waals surface area contributed by atoms with Crippen LogP contribution in [0.3, 0.4) is 0 Å². The van der Waals surface area contributed by atoms with Crippen molar-refractivity contribution in [3.63, 3.8) is 0 Å². The maximum absolute atomic E-state index is 14.9. The molecule has 3 N–H and O–H groups in total. The van der Waals surface area contributed by atoms with Crippen LogP contribution in [0.1, 0.15) is 106 Å². The molecule has 0 aliphatic heterocycles. The quantitative estimate of drug-likeness (QED) is 0.142. The Kier molecular flexibility index (Phi) is 14.1. The molecule has 8 heteroatoms. The minimum absolute atomic E-state index is 0.101. The van der Waals surface area contributed by atoms with Gasteiger partial charge in [-0.25, -0.2) is 4.79 Å². The van der Waals surface area contributed by atoms with E-state index in [0.717, 1.165) is 71.2 Å². The van der Waals surface area contributed by atoms with E-state index in [1.807, 2.05) is 64.1 Å². The highest BCUT2D eigenvalue weighted by Gasteiger charge is 2.37. The standard InChI is InChI=1S/C40H55N3O5/c1-9-10-11-12-13-14-25-43(38(46)34(41-39(47)48-40(6,7)8)26-31-21-23-32(44)24-22-31)36(33-20-16-17-27(2)30(33)5)37(45)42-35-28(3)18-15-19-29(35)4/h15-24,34,36,44H,9-14,25-26H2,1-8H3,(H,41,47)(H,42,45). The summed E-state index contributed by atoms with van der Waals surface area (Å²) in [5.74, 6) is -0.601. The maximum Gasteiger partial charge on any atom is 0.408 e. The van der Waals surface area contributed by atoms with E-state index < -0.39 is 23.8 Å². The molecule has 0 saturated heterocycles. The van der Waals surface area contributed by atoms with Crippen molar-refractivity contribution in [2.45, 2.75) is 118 Å².